The van der Waals surface area contributed by atoms with Gasteiger partial charge in [0, 0.05) is 31.8 Å². The first kappa shape index (κ1) is 15.7. The number of hydrogen-bond acceptors (Lipinski definition) is 5. The van der Waals surface area contributed by atoms with E-state index in [0.29, 0.717) is 12.1 Å². The summed E-state index contributed by atoms with van der Waals surface area (Å²) in [4.78, 5) is 14.6. The number of ether oxygens (including phenoxy) is 2. The molecule has 1 saturated carbocycles. The molecule has 2 unspecified atom stereocenters. The standard InChI is InChI=1S/C15H28N2O3/c1-12(17-7-4-9-20-10-8-17)11-15(2,14(18)19-3)16-13-5-6-13/h12-13,16H,4-11H2,1-3H3. The molecule has 0 spiro atoms. The summed E-state index contributed by atoms with van der Waals surface area (Å²) in [6.07, 6.45) is 4.17. The van der Waals surface area contributed by atoms with Crippen molar-refractivity contribution in [3.63, 3.8) is 0 Å². The Hall–Kier alpha value is -0.650. The molecule has 2 aliphatic rings. The second kappa shape index (κ2) is 6.87. The summed E-state index contributed by atoms with van der Waals surface area (Å²) >= 11 is 0. The molecule has 1 saturated heterocycles. The molecule has 1 heterocycles. The molecule has 0 radical (unpaired) electrons. The number of methoxy groups -OCH3 is 1. The summed E-state index contributed by atoms with van der Waals surface area (Å²) in [5.41, 5.74) is -0.581. The number of carbonyl (C=O) groups excluding carboxylic acids is 1. The fourth-order valence-corrected chi connectivity index (χ4v) is 3.03. The van der Waals surface area contributed by atoms with Crippen LogP contribution in [0.15, 0.2) is 0 Å². The van der Waals surface area contributed by atoms with Gasteiger partial charge >= 0.3 is 5.97 Å². The van der Waals surface area contributed by atoms with Crippen LogP contribution in [-0.2, 0) is 14.3 Å². The predicted molar refractivity (Wildman–Crippen MR) is 77.7 cm³/mol. The molecule has 0 aromatic rings. The van der Waals surface area contributed by atoms with Crippen LogP contribution < -0.4 is 5.32 Å². The van der Waals surface area contributed by atoms with Gasteiger partial charge in [0.05, 0.1) is 13.7 Å². The number of hydrogen-bond donors (Lipinski definition) is 1. The zero-order valence-electron chi connectivity index (χ0n) is 13.0. The highest BCUT2D eigenvalue weighted by atomic mass is 16.5. The molecular formula is C15H28N2O3. The average Bonchev–Trinajstić information content (AvgIpc) is 3.23. The Kier molecular flexibility index (Phi) is 5.41. The summed E-state index contributed by atoms with van der Waals surface area (Å²) in [5, 5.41) is 3.47. The summed E-state index contributed by atoms with van der Waals surface area (Å²) in [6, 6.07) is 0.825. The molecule has 2 fully saturated rings. The van der Waals surface area contributed by atoms with Gasteiger partial charge in [-0.3, -0.25) is 15.0 Å². The van der Waals surface area contributed by atoms with E-state index < -0.39 is 5.54 Å². The van der Waals surface area contributed by atoms with Crippen molar-refractivity contribution in [2.75, 3.05) is 33.4 Å². The minimum Gasteiger partial charge on any atom is -0.468 e. The van der Waals surface area contributed by atoms with E-state index in [4.69, 9.17) is 9.47 Å². The van der Waals surface area contributed by atoms with Gasteiger partial charge in [-0.2, -0.15) is 0 Å². The van der Waals surface area contributed by atoms with Crippen molar-refractivity contribution >= 4 is 5.97 Å². The summed E-state index contributed by atoms with van der Waals surface area (Å²) in [6.45, 7) is 7.79. The number of carbonyl (C=O) groups is 1. The molecule has 0 bridgehead atoms. The highest BCUT2D eigenvalue weighted by molar-refractivity contribution is 5.80. The molecule has 116 valence electrons. The van der Waals surface area contributed by atoms with Crippen LogP contribution in [0.4, 0.5) is 0 Å². The predicted octanol–water partition coefficient (Wildman–Crippen LogP) is 1.17. The van der Waals surface area contributed by atoms with Gasteiger partial charge in [0.1, 0.15) is 5.54 Å². The maximum Gasteiger partial charge on any atom is 0.325 e. The molecule has 5 heteroatoms. The minimum absolute atomic E-state index is 0.151. The van der Waals surface area contributed by atoms with Crippen LogP contribution in [0.1, 0.15) is 39.5 Å². The zero-order valence-corrected chi connectivity index (χ0v) is 13.0. The fourth-order valence-electron chi connectivity index (χ4n) is 3.03. The van der Waals surface area contributed by atoms with Crippen molar-refractivity contribution in [3.05, 3.63) is 0 Å². The molecule has 1 N–H and O–H groups in total. The number of esters is 1. The summed E-state index contributed by atoms with van der Waals surface area (Å²) in [7, 11) is 1.47. The smallest absolute Gasteiger partial charge is 0.325 e. The van der Waals surface area contributed by atoms with Gasteiger partial charge in [-0.15, -0.1) is 0 Å². The Bertz CT molecular complexity index is 325. The lowest BCUT2D eigenvalue weighted by molar-refractivity contribution is -0.149. The van der Waals surface area contributed by atoms with Crippen molar-refractivity contribution in [3.8, 4) is 0 Å². The molecule has 1 aliphatic carbocycles. The summed E-state index contributed by atoms with van der Waals surface area (Å²) < 4.78 is 10.5. The Balaban J connectivity index is 1.96. The topological polar surface area (TPSA) is 50.8 Å². The van der Waals surface area contributed by atoms with Crippen LogP contribution in [-0.4, -0.2) is 61.9 Å². The van der Waals surface area contributed by atoms with Crippen molar-refractivity contribution in [1.82, 2.24) is 10.2 Å². The van der Waals surface area contributed by atoms with Crippen LogP contribution in [0.3, 0.4) is 0 Å². The normalized spacial score (nSPS) is 25.6. The molecule has 20 heavy (non-hydrogen) atoms. The molecule has 0 aromatic carbocycles. The quantitative estimate of drug-likeness (QED) is 0.742. The van der Waals surface area contributed by atoms with Gasteiger partial charge in [0.2, 0.25) is 0 Å². The second-order valence-electron chi connectivity index (χ2n) is 6.30. The van der Waals surface area contributed by atoms with E-state index in [0.717, 1.165) is 39.1 Å². The first-order chi connectivity index (χ1) is 9.55. The largest absolute Gasteiger partial charge is 0.468 e. The highest BCUT2D eigenvalue weighted by Gasteiger charge is 2.41. The van der Waals surface area contributed by atoms with E-state index in [9.17, 15) is 4.79 Å². The van der Waals surface area contributed by atoms with E-state index in [1.165, 1.54) is 20.0 Å². The monoisotopic (exact) mass is 284 g/mol. The van der Waals surface area contributed by atoms with Crippen LogP contribution in [0, 0.1) is 0 Å². The van der Waals surface area contributed by atoms with Gasteiger partial charge in [0.25, 0.3) is 0 Å². The van der Waals surface area contributed by atoms with E-state index >= 15 is 0 Å². The molecule has 1 aliphatic heterocycles. The molecular weight excluding hydrogens is 256 g/mol. The molecule has 2 atom stereocenters. The van der Waals surface area contributed by atoms with Gasteiger partial charge in [-0.1, -0.05) is 0 Å². The third-order valence-electron chi connectivity index (χ3n) is 4.32. The number of rotatable bonds is 6. The Labute approximate surface area is 122 Å². The average molecular weight is 284 g/mol. The van der Waals surface area contributed by atoms with Gasteiger partial charge in [-0.05, 0) is 39.5 Å². The van der Waals surface area contributed by atoms with E-state index in [-0.39, 0.29) is 5.97 Å². The first-order valence-electron chi connectivity index (χ1n) is 7.73. The van der Waals surface area contributed by atoms with Crippen molar-refractivity contribution in [1.29, 1.82) is 0 Å². The van der Waals surface area contributed by atoms with Gasteiger partial charge < -0.3 is 9.47 Å². The Morgan fingerprint density at radius 1 is 1.45 bits per heavy atom. The van der Waals surface area contributed by atoms with Crippen LogP contribution >= 0.6 is 0 Å². The lowest BCUT2D eigenvalue weighted by atomic mass is 9.92. The third-order valence-corrected chi connectivity index (χ3v) is 4.32. The molecule has 0 amide bonds. The zero-order chi connectivity index (χ0) is 14.6. The molecule has 2 rings (SSSR count). The first-order valence-corrected chi connectivity index (χ1v) is 7.73. The third kappa shape index (κ3) is 4.17. The van der Waals surface area contributed by atoms with Crippen molar-refractivity contribution < 1.29 is 14.3 Å². The number of nitrogens with zero attached hydrogens (tertiary/aromatic N) is 1. The molecule has 0 aromatic heterocycles. The SMILES string of the molecule is COC(=O)C(C)(CC(C)N1CCCOCC1)NC1CC1. The lowest BCUT2D eigenvalue weighted by Crippen LogP contribution is -2.55. The van der Waals surface area contributed by atoms with Crippen molar-refractivity contribution in [2.45, 2.75) is 57.2 Å². The highest BCUT2D eigenvalue weighted by Crippen LogP contribution is 2.27. The fraction of sp³-hybridized carbons (Fsp3) is 0.933. The summed E-state index contributed by atoms with van der Waals surface area (Å²) in [5.74, 6) is -0.151. The van der Waals surface area contributed by atoms with Gasteiger partial charge in [-0.25, -0.2) is 0 Å². The van der Waals surface area contributed by atoms with Crippen LogP contribution in [0.2, 0.25) is 0 Å². The van der Waals surface area contributed by atoms with Gasteiger partial charge in [0.15, 0.2) is 0 Å². The van der Waals surface area contributed by atoms with Crippen LogP contribution in [0.25, 0.3) is 0 Å². The maximum absolute atomic E-state index is 12.2. The lowest BCUT2D eigenvalue weighted by Gasteiger charge is -2.35. The van der Waals surface area contributed by atoms with E-state index in [1.807, 2.05) is 6.92 Å². The van der Waals surface area contributed by atoms with Crippen LogP contribution in [0.5, 0.6) is 0 Å². The Morgan fingerprint density at radius 2 is 2.20 bits per heavy atom. The molecule has 5 nitrogen and oxygen atoms in total. The number of nitrogens with one attached hydrogen (secondary N) is 1. The second-order valence-corrected chi connectivity index (χ2v) is 6.30. The van der Waals surface area contributed by atoms with E-state index in [1.54, 1.807) is 0 Å². The maximum atomic E-state index is 12.2. The Morgan fingerprint density at radius 3 is 2.85 bits per heavy atom. The van der Waals surface area contributed by atoms with Crippen molar-refractivity contribution in [2.24, 2.45) is 0 Å². The minimum atomic E-state index is -0.581. The van der Waals surface area contributed by atoms with E-state index in [2.05, 4.69) is 17.1 Å².